The lowest BCUT2D eigenvalue weighted by Gasteiger charge is -2.36. The Morgan fingerprint density at radius 3 is 2.31 bits per heavy atom. The SMILES string of the molecule is COc1ccc(CCN(Cc2ccc(F)cc2)Cc2nc(C(=O)N3CCN(c4cccc(C(F)(F)F)c4)CC3)cs2)cc1OC. The van der Waals surface area contributed by atoms with Crippen molar-refractivity contribution in [1.82, 2.24) is 14.8 Å². The summed E-state index contributed by atoms with van der Waals surface area (Å²) in [5.41, 5.74) is 2.17. The van der Waals surface area contributed by atoms with E-state index in [9.17, 15) is 22.4 Å². The van der Waals surface area contributed by atoms with Crippen LogP contribution in [0.5, 0.6) is 11.5 Å². The number of benzene rings is 3. The molecule has 0 radical (unpaired) electrons. The second-order valence-corrected chi connectivity index (χ2v) is 11.7. The summed E-state index contributed by atoms with van der Waals surface area (Å²) in [6, 6.07) is 17.5. The first-order valence-corrected chi connectivity index (χ1v) is 15.3. The van der Waals surface area contributed by atoms with Crippen molar-refractivity contribution in [1.29, 1.82) is 0 Å². The number of nitrogens with zero attached hydrogens (tertiary/aromatic N) is 4. The minimum Gasteiger partial charge on any atom is -0.493 e. The van der Waals surface area contributed by atoms with E-state index in [0.717, 1.165) is 34.7 Å². The molecule has 3 aromatic carbocycles. The number of thiazole rings is 1. The monoisotopic (exact) mass is 642 g/mol. The van der Waals surface area contributed by atoms with E-state index in [0.29, 0.717) is 68.7 Å². The van der Waals surface area contributed by atoms with Crippen molar-refractivity contribution in [3.8, 4) is 11.5 Å². The number of alkyl halides is 3. The van der Waals surface area contributed by atoms with Crippen LogP contribution in [0.2, 0.25) is 0 Å². The number of hydrogen-bond donors (Lipinski definition) is 0. The molecule has 2 heterocycles. The van der Waals surface area contributed by atoms with Gasteiger partial charge in [0.15, 0.2) is 11.5 Å². The highest BCUT2D eigenvalue weighted by molar-refractivity contribution is 7.09. The molecular weight excluding hydrogens is 608 g/mol. The number of ether oxygens (including phenoxy) is 2. The molecule has 1 saturated heterocycles. The largest absolute Gasteiger partial charge is 0.493 e. The van der Waals surface area contributed by atoms with E-state index in [4.69, 9.17) is 9.47 Å². The minimum absolute atomic E-state index is 0.198. The van der Waals surface area contributed by atoms with Crippen LogP contribution < -0.4 is 14.4 Å². The maximum absolute atomic E-state index is 13.5. The summed E-state index contributed by atoms with van der Waals surface area (Å²) in [7, 11) is 3.19. The fourth-order valence-electron chi connectivity index (χ4n) is 5.27. The van der Waals surface area contributed by atoms with Gasteiger partial charge in [-0.25, -0.2) is 9.37 Å². The summed E-state index contributed by atoms with van der Waals surface area (Å²) < 4.78 is 63.8. The Balaban J connectivity index is 1.22. The highest BCUT2D eigenvalue weighted by Crippen LogP contribution is 2.32. The van der Waals surface area contributed by atoms with Crippen molar-refractivity contribution in [2.24, 2.45) is 0 Å². The second-order valence-electron chi connectivity index (χ2n) is 10.7. The Morgan fingerprint density at radius 1 is 0.911 bits per heavy atom. The molecule has 1 amide bonds. The predicted octanol–water partition coefficient (Wildman–Crippen LogP) is 6.53. The molecule has 0 spiro atoms. The number of halogens is 4. The van der Waals surface area contributed by atoms with Gasteiger partial charge in [0.25, 0.3) is 5.91 Å². The van der Waals surface area contributed by atoms with Crippen molar-refractivity contribution in [2.45, 2.75) is 25.7 Å². The van der Waals surface area contributed by atoms with Crippen LogP contribution in [0, 0.1) is 5.82 Å². The van der Waals surface area contributed by atoms with Gasteiger partial charge in [0.2, 0.25) is 0 Å². The van der Waals surface area contributed by atoms with Crippen molar-refractivity contribution in [3.63, 3.8) is 0 Å². The molecule has 0 atom stereocenters. The molecule has 1 fully saturated rings. The zero-order chi connectivity index (χ0) is 32.0. The van der Waals surface area contributed by atoms with Gasteiger partial charge in [-0.3, -0.25) is 9.69 Å². The lowest BCUT2D eigenvalue weighted by Crippen LogP contribution is -2.49. The summed E-state index contributed by atoms with van der Waals surface area (Å²) in [6.45, 7) is 3.33. The number of hydrogen-bond acceptors (Lipinski definition) is 7. The fourth-order valence-corrected chi connectivity index (χ4v) is 6.08. The molecule has 1 aliphatic heterocycles. The normalized spacial score (nSPS) is 13.8. The standard InChI is InChI=1S/C33H34F4N4O3S/c1-43-29-11-8-23(18-30(29)44-2)12-13-39(20-24-6-9-26(34)10-7-24)21-31-38-28(22-45-31)32(42)41-16-14-40(15-17-41)27-5-3-4-25(19-27)33(35,36)37/h3-11,18-19,22H,12-17,20-21H2,1-2H3. The van der Waals surface area contributed by atoms with E-state index in [-0.39, 0.29) is 11.7 Å². The van der Waals surface area contributed by atoms with Crippen molar-refractivity contribution < 1.29 is 31.8 Å². The quantitative estimate of drug-likeness (QED) is 0.174. The number of anilines is 1. The highest BCUT2D eigenvalue weighted by Gasteiger charge is 2.31. The second kappa shape index (κ2) is 14.3. The van der Waals surface area contributed by atoms with E-state index in [1.807, 2.05) is 23.1 Å². The molecule has 7 nitrogen and oxygen atoms in total. The molecule has 5 rings (SSSR count). The number of carbonyl (C=O) groups is 1. The third-order valence-corrected chi connectivity index (χ3v) is 8.55. The molecule has 0 saturated carbocycles. The Labute approximate surface area is 263 Å². The summed E-state index contributed by atoms with van der Waals surface area (Å²) >= 11 is 1.40. The van der Waals surface area contributed by atoms with E-state index in [1.54, 1.807) is 42.7 Å². The predicted molar refractivity (Wildman–Crippen MR) is 165 cm³/mol. The number of rotatable bonds is 11. The highest BCUT2D eigenvalue weighted by atomic mass is 32.1. The summed E-state index contributed by atoms with van der Waals surface area (Å²) in [4.78, 5) is 23.7. The molecule has 1 aromatic heterocycles. The van der Waals surface area contributed by atoms with Crippen molar-refractivity contribution in [3.05, 3.63) is 105 Å². The van der Waals surface area contributed by atoms with Crippen LogP contribution in [-0.4, -0.2) is 67.6 Å². The maximum Gasteiger partial charge on any atom is 0.416 e. The first-order chi connectivity index (χ1) is 21.6. The Kier molecular flexibility index (Phi) is 10.2. The third kappa shape index (κ3) is 8.31. The molecule has 1 aliphatic rings. The summed E-state index contributed by atoms with van der Waals surface area (Å²) in [6.07, 6.45) is -3.69. The number of amides is 1. The van der Waals surface area contributed by atoms with Gasteiger partial charge in [0, 0.05) is 50.3 Å². The lowest BCUT2D eigenvalue weighted by atomic mass is 10.1. The minimum atomic E-state index is -4.41. The van der Waals surface area contributed by atoms with Gasteiger partial charge in [-0.15, -0.1) is 11.3 Å². The number of piperazine rings is 1. The lowest BCUT2D eigenvalue weighted by molar-refractivity contribution is -0.137. The molecule has 45 heavy (non-hydrogen) atoms. The van der Waals surface area contributed by atoms with Gasteiger partial charge in [-0.05, 0) is 60.0 Å². The van der Waals surface area contributed by atoms with Crippen LogP contribution >= 0.6 is 11.3 Å². The number of methoxy groups -OCH3 is 2. The van der Waals surface area contributed by atoms with Gasteiger partial charge in [0.05, 0.1) is 26.3 Å². The summed E-state index contributed by atoms with van der Waals surface area (Å²) in [5, 5.41) is 2.52. The molecule has 4 aromatic rings. The zero-order valence-corrected chi connectivity index (χ0v) is 25.8. The first kappa shape index (κ1) is 32.2. The van der Waals surface area contributed by atoms with Crippen LogP contribution in [-0.2, 0) is 25.7 Å². The average Bonchev–Trinajstić information content (AvgIpc) is 3.52. The van der Waals surface area contributed by atoms with Gasteiger partial charge >= 0.3 is 6.18 Å². The van der Waals surface area contributed by atoms with Gasteiger partial charge in [-0.1, -0.05) is 24.3 Å². The van der Waals surface area contributed by atoms with Crippen molar-refractivity contribution in [2.75, 3.05) is 51.8 Å². The molecule has 0 N–H and O–H groups in total. The fraction of sp³-hybridized carbons (Fsp3) is 0.333. The van der Waals surface area contributed by atoms with Gasteiger partial charge < -0.3 is 19.3 Å². The molecule has 0 bridgehead atoms. The molecule has 0 aliphatic carbocycles. The van der Waals surface area contributed by atoms with Crippen LogP contribution in [0.3, 0.4) is 0 Å². The topological polar surface area (TPSA) is 58.1 Å². The Bertz CT molecular complexity index is 1590. The first-order valence-electron chi connectivity index (χ1n) is 14.5. The van der Waals surface area contributed by atoms with Crippen molar-refractivity contribution >= 4 is 22.9 Å². The van der Waals surface area contributed by atoms with Gasteiger partial charge in [0.1, 0.15) is 16.5 Å². The van der Waals surface area contributed by atoms with Crippen LogP contribution in [0.15, 0.2) is 72.1 Å². The van der Waals surface area contributed by atoms with Crippen LogP contribution in [0.25, 0.3) is 0 Å². The van der Waals surface area contributed by atoms with E-state index >= 15 is 0 Å². The van der Waals surface area contributed by atoms with Crippen LogP contribution in [0.4, 0.5) is 23.2 Å². The smallest absolute Gasteiger partial charge is 0.416 e. The zero-order valence-electron chi connectivity index (χ0n) is 25.0. The molecule has 0 unspecified atom stereocenters. The van der Waals surface area contributed by atoms with E-state index in [2.05, 4.69) is 9.88 Å². The van der Waals surface area contributed by atoms with Crippen LogP contribution in [0.1, 0.15) is 32.2 Å². The Morgan fingerprint density at radius 2 is 1.62 bits per heavy atom. The molecule has 238 valence electrons. The van der Waals surface area contributed by atoms with E-state index in [1.165, 1.54) is 29.5 Å². The molecular formula is C33H34F4N4O3S. The van der Waals surface area contributed by atoms with E-state index < -0.39 is 11.7 Å². The number of aromatic nitrogens is 1. The third-order valence-electron chi connectivity index (χ3n) is 7.72. The molecule has 12 heteroatoms. The summed E-state index contributed by atoms with van der Waals surface area (Å²) in [5.74, 6) is 0.811. The average molecular weight is 643 g/mol. The maximum atomic E-state index is 13.5. The Hall–Kier alpha value is -4.16. The number of carbonyl (C=O) groups excluding carboxylic acids is 1. The van der Waals surface area contributed by atoms with Gasteiger partial charge in [-0.2, -0.15) is 13.2 Å².